The monoisotopic (exact) mass is 397 g/mol. The number of nitrogens with zero attached hydrogens (tertiary/aromatic N) is 4. The van der Waals surface area contributed by atoms with E-state index in [2.05, 4.69) is 10.1 Å². The second-order valence-corrected chi connectivity index (χ2v) is 8.60. The number of piperidine rings is 2. The van der Waals surface area contributed by atoms with Gasteiger partial charge in [0, 0.05) is 18.1 Å². The molecule has 3 fully saturated rings. The molecule has 3 aliphatic rings. The molecule has 2 aliphatic heterocycles. The highest BCUT2D eigenvalue weighted by atomic mass is 32.1. The number of fused-ring (bicyclic) bond motifs is 3. The Morgan fingerprint density at radius 1 is 1.21 bits per heavy atom. The Labute approximate surface area is 165 Å². The minimum Gasteiger partial charge on any atom is -0.331 e. The van der Waals surface area contributed by atoms with Gasteiger partial charge in [-0.25, -0.2) is 14.1 Å². The Kier molecular flexibility index (Phi) is 4.06. The number of aromatic nitrogens is 3. The molecular weight excluding hydrogens is 377 g/mol. The molecule has 8 heteroatoms. The largest absolute Gasteiger partial charge is 0.331 e. The third-order valence-electron chi connectivity index (χ3n) is 5.75. The van der Waals surface area contributed by atoms with E-state index in [9.17, 15) is 9.18 Å². The van der Waals surface area contributed by atoms with Crippen LogP contribution in [0.15, 0.2) is 41.8 Å². The molecule has 2 bridgehead atoms. The number of halogens is 1. The molecule has 0 spiro atoms. The highest BCUT2D eigenvalue weighted by molar-refractivity contribution is 7.13. The van der Waals surface area contributed by atoms with E-state index >= 15 is 0 Å². The molecule has 144 valence electrons. The summed E-state index contributed by atoms with van der Waals surface area (Å²) in [5.74, 6) is 0.229. The summed E-state index contributed by atoms with van der Waals surface area (Å²) in [5.41, 5.74) is 6.81. The van der Waals surface area contributed by atoms with Gasteiger partial charge in [-0.3, -0.25) is 4.79 Å². The smallest absolute Gasteiger partial charge is 0.293 e. The van der Waals surface area contributed by atoms with E-state index in [0.29, 0.717) is 18.1 Å². The van der Waals surface area contributed by atoms with Crippen LogP contribution in [0, 0.1) is 5.82 Å². The van der Waals surface area contributed by atoms with Crippen LogP contribution >= 0.6 is 11.3 Å². The van der Waals surface area contributed by atoms with Crippen LogP contribution in [0.4, 0.5) is 4.39 Å². The van der Waals surface area contributed by atoms with Crippen LogP contribution in [-0.4, -0.2) is 43.7 Å². The molecule has 1 saturated carbocycles. The highest BCUT2D eigenvalue weighted by Gasteiger charge is 2.45. The summed E-state index contributed by atoms with van der Waals surface area (Å²) in [4.78, 5) is 20.5. The molecular formula is C20H20FN5OS. The van der Waals surface area contributed by atoms with Gasteiger partial charge in [0.15, 0.2) is 5.82 Å². The van der Waals surface area contributed by atoms with Crippen LogP contribution in [0.1, 0.15) is 36.3 Å². The summed E-state index contributed by atoms with van der Waals surface area (Å²) in [6.07, 6.45) is 3.77. The average Bonchev–Trinajstić information content (AvgIpc) is 3.38. The minimum absolute atomic E-state index is 0.156. The van der Waals surface area contributed by atoms with Crippen LogP contribution in [0.3, 0.4) is 0 Å². The lowest BCUT2D eigenvalue weighted by Gasteiger charge is -2.50. The molecule has 4 heterocycles. The van der Waals surface area contributed by atoms with Crippen LogP contribution in [0.25, 0.3) is 16.4 Å². The number of thiophene rings is 1. The summed E-state index contributed by atoms with van der Waals surface area (Å²) in [7, 11) is 0. The molecule has 0 radical (unpaired) electrons. The zero-order valence-corrected chi connectivity index (χ0v) is 16.0. The van der Waals surface area contributed by atoms with Crippen molar-refractivity contribution in [1.82, 2.24) is 19.7 Å². The number of carbonyl (C=O) groups is 1. The van der Waals surface area contributed by atoms with E-state index in [0.717, 1.165) is 30.6 Å². The second-order valence-electron chi connectivity index (χ2n) is 7.65. The molecule has 0 unspecified atom stereocenters. The quantitative estimate of drug-likeness (QED) is 0.736. The zero-order valence-electron chi connectivity index (χ0n) is 15.2. The van der Waals surface area contributed by atoms with Crippen LogP contribution in [0.2, 0.25) is 0 Å². The van der Waals surface area contributed by atoms with Crippen molar-refractivity contribution in [3.8, 4) is 16.4 Å². The summed E-state index contributed by atoms with van der Waals surface area (Å²) in [5, 5.41) is 6.45. The number of benzene rings is 1. The van der Waals surface area contributed by atoms with E-state index in [-0.39, 0.29) is 29.1 Å². The molecule has 0 atom stereocenters. The second kappa shape index (κ2) is 6.49. The van der Waals surface area contributed by atoms with Gasteiger partial charge in [-0.05, 0) is 61.4 Å². The first kappa shape index (κ1) is 17.5. The van der Waals surface area contributed by atoms with Crippen LogP contribution in [-0.2, 0) is 0 Å². The van der Waals surface area contributed by atoms with Crippen LogP contribution < -0.4 is 5.73 Å². The molecule has 1 aromatic carbocycles. The van der Waals surface area contributed by atoms with Crippen molar-refractivity contribution < 1.29 is 9.18 Å². The minimum atomic E-state index is -0.324. The molecule has 3 aromatic rings. The molecule has 28 heavy (non-hydrogen) atoms. The predicted molar refractivity (Wildman–Crippen MR) is 105 cm³/mol. The van der Waals surface area contributed by atoms with Gasteiger partial charge in [0.2, 0.25) is 5.82 Å². The number of nitrogens with two attached hydrogens (primary N) is 1. The molecule has 6 rings (SSSR count). The van der Waals surface area contributed by atoms with Crippen molar-refractivity contribution in [2.45, 2.75) is 37.3 Å². The normalized spacial score (nSPS) is 23.9. The van der Waals surface area contributed by atoms with Gasteiger partial charge in [0.1, 0.15) is 5.82 Å². The molecule has 1 aliphatic carbocycles. The molecule has 2 aromatic heterocycles. The van der Waals surface area contributed by atoms with Gasteiger partial charge < -0.3 is 10.6 Å². The molecule has 2 saturated heterocycles. The van der Waals surface area contributed by atoms with E-state index < -0.39 is 0 Å². The molecule has 2 N–H and O–H groups in total. The summed E-state index contributed by atoms with van der Waals surface area (Å²) >= 11 is 1.52. The van der Waals surface area contributed by atoms with E-state index in [4.69, 9.17) is 5.73 Å². The number of hydrogen-bond acceptors (Lipinski definition) is 5. The number of rotatable bonds is 3. The Bertz CT molecular complexity index is 1010. The van der Waals surface area contributed by atoms with Crippen molar-refractivity contribution in [3.63, 3.8) is 0 Å². The van der Waals surface area contributed by atoms with Gasteiger partial charge >= 0.3 is 0 Å². The molecule has 1 amide bonds. The SMILES string of the molecule is NC12CCC(CC1)N(C(=O)c1nc(-c3cccs3)n(-c3ccc(F)cc3)n1)C2. The van der Waals surface area contributed by atoms with Gasteiger partial charge in [-0.1, -0.05) is 6.07 Å². The van der Waals surface area contributed by atoms with Crippen molar-refractivity contribution in [2.75, 3.05) is 6.54 Å². The first-order valence-corrected chi connectivity index (χ1v) is 10.3. The van der Waals surface area contributed by atoms with Crippen LogP contribution in [0.5, 0.6) is 0 Å². The Morgan fingerprint density at radius 3 is 2.61 bits per heavy atom. The lowest BCUT2D eigenvalue weighted by atomic mass is 9.74. The maximum atomic E-state index is 13.4. The lowest BCUT2D eigenvalue weighted by Crippen LogP contribution is -2.63. The Morgan fingerprint density at radius 2 is 1.96 bits per heavy atom. The third-order valence-corrected chi connectivity index (χ3v) is 6.61. The fourth-order valence-electron chi connectivity index (χ4n) is 4.21. The summed E-state index contributed by atoms with van der Waals surface area (Å²) < 4.78 is 15.0. The maximum Gasteiger partial charge on any atom is 0.293 e. The maximum absolute atomic E-state index is 13.4. The summed E-state index contributed by atoms with van der Waals surface area (Å²) in [6.45, 7) is 0.552. The van der Waals surface area contributed by atoms with Crippen molar-refractivity contribution in [3.05, 3.63) is 53.4 Å². The number of amides is 1. The first-order valence-electron chi connectivity index (χ1n) is 9.39. The fraction of sp³-hybridized carbons (Fsp3) is 0.350. The van der Waals surface area contributed by atoms with E-state index in [1.54, 1.807) is 16.8 Å². The standard InChI is InChI=1S/C20H20FN5OS/c21-13-3-5-15(6-4-13)26-18(16-2-1-11-28-16)23-17(24-26)19(27)25-12-20(22)9-7-14(25)8-10-20/h1-6,11,14H,7-10,12,22H2. The number of carbonyl (C=O) groups excluding carboxylic acids is 1. The van der Waals surface area contributed by atoms with Gasteiger partial charge in [-0.15, -0.1) is 16.4 Å². The van der Waals surface area contributed by atoms with E-state index in [1.165, 1.54) is 23.5 Å². The van der Waals surface area contributed by atoms with Crippen molar-refractivity contribution in [1.29, 1.82) is 0 Å². The first-order chi connectivity index (χ1) is 13.5. The Balaban J connectivity index is 1.54. The van der Waals surface area contributed by atoms with Gasteiger partial charge in [0.05, 0.1) is 10.6 Å². The zero-order chi connectivity index (χ0) is 19.3. The van der Waals surface area contributed by atoms with Crippen molar-refractivity contribution >= 4 is 17.2 Å². The third kappa shape index (κ3) is 2.93. The number of hydrogen-bond donors (Lipinski definition) is 1. The lowest BCUT2D eigenvalue weighted by molar-refractivity contribution is 0.0227. The summed E-state index contributed by atoms with van der Waals surface area (Å²) in [6, 6.07) is 10.1. The highest BCUT2D eigenvalue weighted by Crippen LogP contribution is 2.37. The van der Waals surface area contributed by atoms with E-state index in [1.807, 2.05) is 22.4 Å². The average molecular weight is 397 g/mol. The predicted octanol–water partition coefficient (Wildman–Crippen LogP) is 3.23. The van der Waals surface area contributed by atoms with Gasteiger partial charge in [0.25, 0.3) is 5.91 Å². The van der Waals surface area contributed by atoms with Crippen molar-refractivity contribution in [2.24, 2.45) is 5.73 Å². The fourth-order valence-corrected chi connectivity index (χ4v) is 4.91. The Hall–Kier alpha value is -2.58. The topological polar surface area (TPSA) is 77.0 Å². The molecule has 6 nitrogen and oxygen atoms in total. The van der Waals surface area contributed by atoms with Gasteiger partial charge in [-0.2, -0.15) is 0 Å².